The van der Waals surface area contributed by atoms with Crippen LogP contribution < -0.4 is 0 Å². The fraction of sp³-hybridized carbons (Fsp3) is 0.958. The van der Waals surface area contributed by atoms with Gasteiger partial charge in [0.25, 0.3) is 0 Å². The normalized spacial score (nSPS) is 52.9. The van der Waals surface area contributed by atoms with E-state index in [2.05, 4.69) is 20.8 Å². The van der Waals surface area contributed by atoms with Crippen molar-refractivity contribution >= 4 is 5.97 Å². The van der Waals surface area contributed by atoms with Crippen molar-refractivity contribution in [1.29, 1.82) is 0 Å². The second-order valence-electron chi connectivity index (χ2n) is 11.4. The van der Waals surface area contributed by atoms with Crippen molar-refractivity contribution in [1.82, 2.24) is 0 Å². The van der Waals surface area contributed by atoms with Crippen molar-refractivity contribution < 1.29 is 25.2 Å². The molecule has 0 aromatic heterocycles. The SMILES string of the molecule is CC(CCC(=O)O)[C@H]1CCC2C3[C@H](O)CC4C[C@H](O)CCC4(C)[C@H]3C[C@H](O)C21C. The Bertz CT molecular complexity index is 637. The van der Waals surface area contributed by atoms with Gasteiger partial charge in [0, 0.05) is 6.42 Å². The number of carbonyl (C=O) groups is 1. The van der Waals surface area contributed by atoms with E-state index in [9.17, 15) is 20.1 Å². The molecule has 6 unspecified atom stereocenters. The second kappa shape index (κ2) is 7.49. The minimum absolute atomic E-state index is 0.0957. The van der Waals surface area contributed by atoms with Crippen LogP contribution in [-0.4, -0.2) is 44.7 Å². The number of aliphatic carboxylic acids is 1. The summed E-state index contributed by atoms with van der Waals surface area (Å²) in [6.45, 7) is 6.72. The van der Waals surface area contributed by atoms with Gasteiger partial charge in [-0.2, -0.15) is 0 Å². The van der Waals surface area contributed by atoms with Gasteiger partial charge >= 0.3 is 5.97 Å². The number of aliphatic hydroxyl groups excluding tert-OH is 3. The summed E-state index contributed by atoms with van der Waals surface area (Å²) in [4.78, 5) is 11.1. The Hall–Kier alpha value is -0.650. The molecule has 5 nitrogen and oxygen atoms in total. The van der Waals surface area contributed by atoms with Gasteiger partial charge in [0.1, 0.15) is 0 Å². The van der Waals surface area contributed by atoms with E-state index in [0.29, 0.717) is 30.1 Å². The Morgan fingerprint density at radius 2 is 1.76 bits per heavy atom. The standard InChI is InChI=1S/C24H40O5/c1-13(4-7-21(28)29)16-5-6-17-22-18(12-20(27)24(16,17)3)23(2)9-8-15(25)10-14(23)11-19(22)26/h13-20,22,25-27H,4-12H2,1-3H3,(H,28,29)/t13?,14?,15-,16-,17?,18+,19-,20+,22?,23?,24?/m1/s1. The predicted molar refractivity (Wildman–Crippen MR) is 110 cm³/mol. The molecule has 0 heterocycles. The van der Waals surface area contributed by atoms with Crippen molar-refractivity contribution in [2.75, 3.05) is 0 Å². The van der Waals surface area contributed by atoms with Gasteiger partial charge < -0.3 is 20.4 Å². The van der Waals surface area contributed by atoms with Crippen LogP contribution in [0.1, 0.15) is 78.6 Å². The maximum atomic E-state index is 11.5. The average molecular weight is 409 g/mol. The molecule has 4 aliphatic carbocycles. The zero-order chi connectivity index (χ0) is 21.1. The van der Waals surface area contributed by atoms with E-state index < -0.39 is 12.1 Å². The highest BCUT2D eigenvalue weighted by molar-refractivity contribution is 5.66. The first-order valence-corrected chi connectivity index (χ1v) is 11.8. The van der Waals surface area contributed by atoms with Gasteiger partial charge in [0.2, 0.25) is 0 Å². The number of fused-ring (bicyclic) bond motifs is 5. The van der Waals surface area contributed by atoms with E-state index in [1.165, 1.54) is 0 Å². The fourth-order valence-electron chi connectivity index (χ4n) is 8.68. The molecule has 0 bridgehead atoms. The second-order valence-corrected chi connectivity index (χ2v) is 11.4. The number of rotatable bonds is 4. The van der Waals surface area contributed by atoms with Crippen molar-refractivity contribution in [3.05, 3.63) is 0 Å². The molecule has 5 heteroatoms. The van der Waals surface area contributed by atoms with Gasteiger partial charge in [-0.1, -0.05) is 20.8 Å². The van der Waals surface area contributed by atoms with Crippen LogP contribution in [-0.2, 0) is 4.79 Å². The molecule has 11 atom stereocenters. The summed E-state index contributed by atoms with van der Waals surface area (Å²) in [5, 5.41) is 42.0. The molecule has 0 aromatic carbocycles. The Balaban J connectivity index is 1.61. The van der Waals surface area contributed by atoms with Crippen molar-refractivity contribution in [2.45, 2.75) is 96.9 Å². The molecule has 4 aliphatic rings. The van der Waals surface area contributed by atoms with Crippen LogP contribution in [0, 0.1) is 46.3 Å². The maximum Gasteiger partial charge on any atom is 0.303 e. The van der Waals surface area contributed by atoms with Crippen LogP contribution in [0.3, 0.4) is 0 Å². The Kier molecular flexibility index (Phi) is 5.57. The van der Waals surface area contributed by atoms with E-state index >= 15 is 0 Å². The Labute approximate surface area is 174 Å². The third-order valence-electron chi connectivity index (χ3n) is 10.3. The zero-order valence-corrected chi connectivity index (χ0v) is 18.3. The van der Waals surface area contributed by atoms with Crippen LogP contribution in [0.2, 0.25) is 0 Å². The maximum absolute atomic E-state index is 11.5. The van der Waals surface area contributed by atoms with Crippen LogP contribution in [0.4, 0.5) is 0 Å². The molecule has 4 rings (SSSR count). The van der Waals surface area contributed by atoms with Crippen molar-refractivity contribution in [3.63, 3.8) is 0 Å². The van der Waals surface area contributed by atoms with Crippen LogP contribution >= 0.6 is 0 Å². The topological polar surface area (TPSA) is 98.0 Å². The lowest BCUT2D eigenvalue weighted by atomic mass is 9.43. The molecule has 0 saturated heterocycles. The van der Waals surface area contributed by atoms with Crippen molar-refractivity contribution in [3.8, 4) is 0 Å². The Morgan fingerprint density at radius 1 is 1.03 bits per heavy atom. The van der Waals surface area contributed by atoms with E-state index in [4.69, 9.17) is 5.11 Å². The number of hydrogen-bond acceptors (Lipinski definition) is 4. The van der Waals surface area contributed by atoms with Gasteiger partial charge in [-0.05, 0) is 97.7 Å². The first-order valence-electron chi connectivity index (χ1n) is 11.8. The number of aliphatic hydroxyl groups is 3. The summed E-state index contributed by atoms with van der Waals surface area (Å²) < 4.78 is 0. The number of carboxylic acid groups (broad SMARTS) is 1. The van der Waals surface area contributed by atoms with E-state index in [-0.39, 0.29) is 41.3 Å². The molecular formula is C24H40O5. The lowest BCUT2D eigenvalue weighted by molar-refractivity contribution is -0.207. The smallest absolute Gasteiger partial charge is 0.303 e. The minimum atomic E-state index is -0.748. The van der Waals surface area contributed by atoms with Crippen molar-refractivity contribution in [2.24, 2.45) is 46.3 Å². The quantitative estimate of drug-likeness (QED) is 0.571. The highest BCUT2D eigenvalue weighted by atomic mass is 16.4. The molecular weight excluding hydrogens is 368 g/mol. The first-order chi connectivity index (χ1) is 13.6. The minimum Gasteiger partial charge on any atom is -0.481 e. The van der Waals surface area contributed by atoms with E-state index in [0.717, 1.165) is 44.9 Å². The summed E-state index contributed by atoms with van der Waals surface area (Å²) in [5.74, 6) is 0.997. The molecule has 0 spiro atoms. The highest BCUT2D eigenvalue weighted by Gasteiger charge is 2.65. The summed E-state index contributed by atoms with van der Waals surface area (Å²) >= 11 is 0. The van der Waals surface area contributed by atoms with Crippen LogP contribution in [0.5, 0.6) is 0 Å². The number of hydrogen-bond donors (Lipinski definition) is 4. The molecule has 4 fully saturated rings. The van der Waals surface area contributed by atoms with Gasteiger partial charge in [-0.25, -0.2) is 0 Å². The summed E-state index contributed by atoms with van der Waals surface area (Å²) in [7, 11) is 0. The lowest BCUT2D eigenvalue weighted by Gasteiger charge is -2.63. The predicted octanol–water partition coefficient (Wildman–Crippen LogP) is 3.45. The summed E-state index contributed by atoms with van der Waals surface area (Å²) in [5.41, 5.74) is -0.143. The number of carboxylic acids is 1. The molecule has 4 N–H and O–H groups in total. The Morgan fingerprint density at radius 3 is 2.45 bits per heavy atom. The third kappa shape index (κ3) is 3.27. The highest BCUT2D eigenvalue weighted by Crippen LogP contribution is 2.68. The molecule has 0 aromatic rings. The van der Waals surface area contributed by atoms with Gasteiger partial charge in [0.05, 0.1) is 18.3 Å². The zero-order valence-electron chi connectivity index (χ0n) is 18.3. The molecule has 0 amide bonds. The van der Waals surface area contributed by atoms with Crippen LogP contribution in [0.15, 0.2) is 0 Å². The largest absolute Gasteiger partial charge is 0.481 e. The monoisotopic (exact) mass is 408 g/mol. The van der Waals surface area contributed by atoms with Gasteiger partial charge in [-0.3, -0.25) is 4.79 Å². The van der Waals surface area contributed by atoms with E-state index in [1.807, 2.05) is 0 Å². The molecule has 29 heavy (non-hydrogen) atoms. The van der Waals surface area contributed by atoms with E-state index in [1.54, 1.807) is 0 Å². The molecule has 4 saturated carbocycles. The third-order valence-corrected chi connectivity index (χ3v) is 10.3. The fourth-order valence-corrected chi connectivity index (χ4v) is 8.68. The first kappa shape index (κ1) is 21.6. The van der Waals surface area contributed by atoms with Gasteiger partial charge in [0.15, 0.2) is 0 Å². The van der Waals surface area contributed by atoms with Gasteiger partial charge in [-0.15, -0.1) is 0 Å². The summed E-state index contributed by atoms with van der Waals surface area (Å²) in [6.07, 6.45) is 6.00. The molecule has 0 aliphatic heterocycles. The van der Waals surface area contributed by atoms with Crippen LogP contribution in [0.25, 0.3) is 0 Å². The molecule has 166 valence electrons. The molecule has 0 radical (unpaired) electrons. The average Bonchev–Trinajstić information content (AvgIpc) is 3.01. The lowest BCUT2D eigenvalue weighted by Crippen LogP contribution is -2.62. The summed E-state index contributed by atoms with van der Waals surface area (Å²) in [6, 6.07) is 0.